The maximum absolute atomic E-state index is 12.2. The Morgan fingerprint density at radius 3 is 2.71 bits per heavy atom. The third kappa shape index (κ3) is 2.02. The molecule has 0 bridgehead atoms. The van der Waals surface area contributed by atoms with E-state index in [0.717, 1.165) is 6.42 Å². The molecule has 0 radical (unpaired) electrons. The molecule has 90 valence electrons. The van der Waals surface area contributed by atoms with Gasteiger partial charge in [0.2, 0.25) is 5.91 Å². The normalized spacial score (nSPS) is 19.6. The molecule has 1 atom stereocenters. The van der Waals surface area contributed by atoms with Gasteiger partial charge < -0.3 is 10.2 Å². The van der Waals surface area contributed by atoms with E-state index in [2.05, 4.69) is 5.32 Å². The van der Waals surface area contributed by atoms with Gasteiger partial charge in [-0.3, -0.25) is 9.59 Å². The molecule has 1 aliphatic rings. The number of para-hydroxylation sites is 1. The highest BCUT2D eigenvalue weighted by Gasteiger charge is 2.30. The topological polar surface area (TPSA) is 49.4 Å². The zero-order valence-corrected chi connectivity index (χ0v) is 10.1. The molecule has 4 heteroatoms. The van der Waals surface area contributed by atoms with Crippen LogP contribution in [0.5, 0.6) is 0 Å². The minimum absolute atomic E-state index is 0.0508. The summed E-state index contributed by atoms with van der Waals surface area (Å²) in [4.78, 5) is 25.8. The number of carbonyl (C=O) groups excluding carboxylic acids is 2. The fourth-order valence-corrected chi connectivity index (χ4v) is 2.04. The van der Waals surface area contributed by atoms with Crippen LogP contribution in [0.15, 0.2) is 24.3 Å². The predicted octanol–water partition coefficient (Wildman–Crippen LogP) is 1.56. The lowest BCUT2D eigenvalue weighted by Gasteiger charge is -2.23. The zero-order valence-electron chi connectivity index (χ0n) is 10.1. The van der Waals surface area contributed by atoms with E-state index in [0.29, 0.717) is 17.8 Å². The molecule has 0 spiro atoms. The summed E-state index contributed by atoms with van der Waals surface area (Å²) in [6.45, 7) is 4.37. The van der Waals surface area contributed by atoms with Crippen LogP contribution in [0.2, 0.25) is 0 Å². The van der Waals surface area contributed by atoms with Crippen molar-refractivity contribution in [3.05, 3.63) is 29.8 Å². The van der Waals surface area contributed by atoms with Gasteiger partial charge in [0.05, 0.1) is 11.3 Å². The number of benzene rings is 1. The van der Waals surface area contributed by atoms with Crippen LogP contribution in [0.25, 0.3) is 0 Å². The van der Waals surface area contributed by atoms with Crippen molar-refractivity contribution >= 4 is 17.5 Å². The molecule has 1 aliphatic heterocycles. The predicted molar refractivity (Wildman–Crippen MR) is 66.0 cm³/mol. The molecule has 1 unspecified atom stereocenters. The van der Waals surface area contributed by atoms with Crippen molar-refractivity contribution in [2.45, 2.75) is 26.3 Å². The van der Waals surface area contributed by atoms with Crippen molar-refractivity contribution in [1.82, 2.24) is 5.32 Å². The van der Waals surface area contributed by atoms with Gasteiger partial charge in [-0.05, 0) is 25.5 Å². The number of carbonyl (C=O) groups is 2. The SMILES string of the molecule is CCCN1C(=O)C(C)NC(=O)c2ccccc21. The van der Waals surface area contributed by atoms with Gasteiger partial charge in [-0.15, -0.1) is 0 Å². The fourth-order valence-electron chi connectivity index (χ4n) is 2.04. The number of nitrogens with one attached hydrogen (secondary N) is 1. The standard InChI is InChI=1S/C13H16N2O2/c1-3-8-15-11-7-5-4-6-10(11)12(16)14-9(2)13(15)17/h4-7,9H,3,8H2,1-2H3,(H,14,16). The van der Waals surface area contributed by atoms with E-state index in [9.17, 15) is 9.59 Å². The molecule has 1 aromatic carbocycles. The second-order valence-corrected chi connectivity index (χ2v) is 4.20. The third-order valence-electron chi connectivity index (χ3n) is 2.87. The zero-order chi connectivity index (χ0) is 12.4. The van der Waals surface area contributed by atoms with Crippen LogP contribution in [0.4, 0.5) is 5.69 Å². The molecule has 17 heavy (non-hydrogen) atoms. The van der Waals surface area contributed by atoms with Crippen molar-refractivity contribution in [2.24, 2.45) is 0 Å². The number of hydrogen-bond donors (Lipinski definition) is 1. The van der Waals surface area contributed by atoms with E-state index < -0.39 is 6.04 Å². The first-order chi connectivity index (χ1) is 8.15. The Bertz CT molecular complexity index is 456. The highest BCUT2D eigenvalue weighted by Crippen LogP contribution is 2.24. The molecule has 2 rings (SSSR count). The Labute approximate surface area is 101 Å². The maximum Gasteiger partial charge on any atom is 0.254 e. The van der Waals surface area contributed by atoms with Crippen LogP contribution in [-0.4, -0.2) is 24.4 Å². The number of nitrogens with zero attached hydrogens (tertiary/aromatic N) is 1. The average molecular weight is 232 g/mol. The van der Waals surface area contributed by atoms with Crippen LogP contribution < -0.4 is 10.2 Å². The molecule has 2 amide bonds. The summed E-state index contributed by atoms with van der Waals surface area (Å²) in [7, 11) is 0. The van der Waals surface area contributed by atoms with Gasteiger partial charge in [0, 0.05) is 6.54 Å². The Morgan fingerprint density at radius 1 is 1.29 bits per heavy atom. The Hall–Kier alpha value is -1.84. The van der Waals surface area contributed by atoms with Crippen molar-refractivity contribution < 1.29 is 9.59 Å². The minimum atomic E-state index is -0.471. The van der Waals surface area contributed by atoms with Gasteiger partial charge >= 0.3 is 0 Å². The van der Waals surface area contributed by atoms with E-state index in [-0.39, 0.29) is 11.8 Å². The monoisotopic (exact) mass is 232 g/mol. The maximum atomic E-state index is 12.2. The second kappa shape index (κ2) is 4.57. The van der Waals surface area contributed by atoms with E-state index in [1.807, 2.05) is 25.1 Å². The van der Waals surface area contributed by atoms with Gasteiger partial charge in [0.15, 0.2) is 0 Å². The molecular weight excluding hydrogens is 216 g/mol. The first-order valence-electron chi connectivity index (χ1n) is 5.86. The first-order valence-corrected chi connectivity index (χ1v) is 5.86. The van der Waals surface area contributed by atoms with Crippen LogP contribution in [0, 0.1) is 0 Å². The summed E-state index contributed by atoms with van der Waals surface area (Å²) >= 11 is 0. The lowest BCUT2D eigenvalue weighted by molar-refractivity contribution is -0.119. The number of anilines is 1. The number of rotatable bonds is 2. The summed E-state index contributed by atoms with van der Waals surface area (Å²) in [6, 6.07) is 6.75. The van der Waals surface area contributed by atoms with Gasteiger partial charge in [-0.25, -0.2) is 0 Å². The smallest absolute Gasteiger partial charge is 0.254 e. The van der Waals surface area contributed by atoms with Crippen LogP contribution in [-0.2, 0) is 4.79 Å². The van der Waals surface area contributed by atoms with Crippen molar-refractivity contribution in [2.75, 3.05) is 11.4 Å². The van der Waals surface area contributed by atoms with Gasteiger partial charge in [-0.2, -0.15) is 0 Å². The molecule has 1 aromatic rings. The number of amides is 2. The van der Waals surface area contributed by atoms with E-state index in [1.165, 1.54) is 0 Å². The molecular formula is C13H16N2O2. The van der Waals surface area contributed by atoms with Crippen LogP contribution in [0.1, 0.15) is 30.6 Å². The number of hydrogen-bond acceptors (Lipinski definition) is 2. The fraction of sp³-hybridized carbons (Fsp3) is 0.385. The largest absolute Gasteiger partial charge is 0.340 e. The van der Waals surface area contributed by atoms with Crippen molar-refractivity contribution in [1.29, 1.82) is 0 Å². The molecule has 4 nitrogen and oxygen atoms in total. The van der Waals surface area contributed by atoms with Gasteiger partial charge in [0.1, 0.15) is 6.04 Å². The van der Waals surface area contributed by atoms with E-state index >= 15 is 0 Å². The second-order valence-electron chi connectivity index (χ2n) is 4.20. The first kappa shape index (κ1) is 11.6. The van der Waals surface area contributed by atoms with Crippen molar-refractivity contribution in [3.63, 3.8) is 0 Å². The highest BCUT2D eigenvalue weighted by molar-refractivity contribution is 6.10. The molecule has 0 saturated heterocycles. The van der Waals surface area contributed by atoms with Crippen molar-refractivity contribution in [3.8, 4) is 0 Å². The van der Waals surface area contributed by atoms with E-state index in [1.54, 1.807) is 17.9 Å². The Balaban J connectivity index is 2.52. The Morgan fingerprint density at radius 2 is 2.00 bits per heavy atom. The lowest BCUT2D eigenvalue weighted by atomic mass is 10.1. The molecule has 0 aromatic heterocycles. The van der Waals surface area contributed by atoms with Crippen LogP contribution in [0.3, 0.4) is 0 Å². The molecule has 0 aliphatic carbocycles. The average Bonchev–Trinajstić information content (AvgIpc) is 2.42. The molecule has 1 heterocycles. The Kier molecular flexibility index (Phi) is 3.13. The lowest BCUT2D eigenvalue weighted by Crippen LogP contribution is -2.44. The quantitative estimate of drug-likeness (QED) is 0.841. The summed E-state index contributed by atoms with van der Waals surface area (Å²) in [5.41, 5.74) is 1.28. The van der Waals surface area contributed by atoms with E-state index in [4.69, 9.17) is 0 Å². The minimum Gasteiger partial charge on any atom is -0.340 e. The summed E-state index contributed by atoms with van der Waals surface area (Å²) < 4.78 is 0. The summed E-state index contributed by atoms with van der Waals surface area (Å²) in [6.07, 6.45) is 0.862. The van der Waals surface area contributed by atoms with Gasteiger partial charge in [0.25, 0.3) is 5.91 Å². The molecule has 0 fully saturated rings. The summed E-state index contributed by atoms with van der Waals surface area (Å²) in [5, 5.41) is 2.71. The highest BCUT2D eigenvalue weighted by atomic mass is 16.2. The third-order valence-corrected chi connectivity index (χ3v) is 2.87. The molecule has 1 N–H and O–H groups in total. The summed E-state index contributed by atoms with van der Waals surface area (Å²) in [5.74, 6) is -0.231. The van der Waals surface area contributed by atoms with Crippen LogP contribution >= 0.6 is 0 Å². The molecule has 0 saturated carbocycles. The number of fused-ring (bicyclic) bond motifs is 1. The van der Waals surface area contributed by atoms with Gasteiger partial charge in [-0.1, -0.05) is 19.1 Å².